The molecule has 0 radical (unpaired) electrons. The first kappa shape index (κ1) is 17.2. The quantitative estimate of drug-likeness (QED) is 0.561. The largest absolute Gasteiger partial charge is 0.490 e. The highest BCUT2D eigenvalue weighted by molar-refractivity contribution is 5.99. The van der Waals surface area contributed by atoms with Crippen LogP contribution in [0.1, 0.15) is 44.0 Å². The van der Waals surface area contributed by atoms with Crippen LogP contribution in [-0.2, 0) is 9.53 Å². The van der Waals surface area contributed by atoms with E-state index in [9.17, 15) is 9.59 Å². The van der Waals surface area contributed by atoms with Crippen molar-refractivity contribution in [1.82, 2.24) is 0 Å². The molecule has 1 aromatic rings. The molecule has 0 aliphatic heterocycles. The van der Waals surface area contributed by atoms with E-state index in [0.29, 0.717) is 43.2 Å². The minimum atomic E-state index is -0.104. The van der Waals surface area contributed by atoms with E-state index in [1.54, 1.807) is 18.2 Å². The molecule has 0 spiro atoms. The van der Waals surface area contributed by atoms with Crippen molar-refractivity contribution in [3.8, 4) is 5.75 Å². The number of carbonyl (C=O) groups excluding carboxylic acids is 2. The lowest BCUT2D eigenvalue weighted by Crippen LogP contribution is -2.12. The predicted molar refractivity (Wildman–Crippen MR) is 82.0 cm³/mol. The number of nitrogens with one attached hydrogen (secondary N) is 1. The molecule has 0 saturated carbocycles. The first-order valence-electron chi connectivity index (χ1n) is 7.23. The van der Waals surface area contributed by atoms with E-state index in [1.165, 1.54) is 6.92 Å². The Kier molecular flexibility index (Phi) is 7.46. The molecule has 0 aliphatic rings. The van der Waals surface area contributed by atoms with Crippen LogP contribution in [0, 0.1) is 0 Å². The average molecular weight is 293 g/mol. The van der Waals surface area contributed by atoms with Gasteiger partial charge in [0.1, 0.15) is 12.4 Å². The van der Waals surface area contributed by atoms with Crippen LogP contribution >= 0.6 is 0 Å². The SMILES string of the molecule is CCCC(=O)Nc1ccc(OCCOCC)c(C(C)=O)c1. The van der Waals surface area contributed by atoms with Crippen LogP contribution in [0.2, 0.25) is 0 Å². The zero-order valence-corrected chi connectivity index (χ0v) is 12.9. The molecule has 0 saturated heterocycles. The molecule has 1 aromatic carbocycles. The van der Waals surface area contributed by atoms with Crippen molar-refractivity contribution in [2.24, 2.45) is 0 Å². The molecular weight excluding hydrogens is 270 g/mol. The lowest BCUT2D eigenvalue weighted by atomic mass is 10.1. The number of benzene rings is 1. The van der Waals surface area contributed by atoms with E-state index in [4.69, 9.17) is 9.47 Å². The molecule has 0 unspecified atom stereocenters. The number of ketones is 1. The molecular formula is C16H23NO4. The van der Waals surface area contributed by atoms with Gasteiger partial charge in [-0.1, -0.05) is 6.92 Å². The van der Waals surface area contributed by atoms with Gasteiger partial charge in [0.05, 0.1) is 12.2 Å². The van der Waals surface area contributed by atoms with Gasteiger partial charge in [-0.3, -0.25) is 9.59 Å². The van der Waals surface area contributed by atoms with E-state index >= 15 is 0 Å². The molecule has 0 aliphatic carbocycles. The maximum atomic E-state index is 11.7. The van der Waals surface area contributed by atoms with Gasteiger partial charge in [-0.25, -0.2) is 0 Å². The molecule has 1 rings (SSSR count). The van der Waals surface area contributed by atoms with Crippen molar-refractivity contribution >= 4 is 17.4 Å². The maximum Gasteiger partial charge on any atom is 0.224 e. The fourth-order valence-electron chi connectivity index (χ4n) is 1.81. The number of amides is 1. The summed E-state index contributed by atoms with van der Waals surface area (Å²) in [5, 5.41) is 2.77. The summed E-state index contributed by atoms with van der Waals surface area (Å²) in [5.74, 6) is 0.348. The second-order valence-corrected chi connectivity index (χ2v) is 4.61. The molecule has 5 heteroatoms. The Morgan fingerprint density at radius 3 is 2.57 bits per heavy atom. The summed E-state index contributed by atoms with van der Waals surface area (Å²) in [6.45, 7) is 6.82. The average Bonchev–Trinajstić information content (AvgIpc) is 2.44. The van der Waals surface area contributed by atoms with Crippen LogP contribution in [-0.4, -0.2) is 31.5 Å². The summed E-state index contributed by atoms with van der Waals surface area (Å²) in [7, 11) is 0. The van der Waals surface area contributed by atoms with Gasteiger partial charge in [0.15, 0.2) is 5.78 Å². The minimum Gasteiger partial charge on any atom is -0.490 e. The zero-order chi connectivity index (χ0) is 15.7. The van der Waals surface area contributed by atoms with Gasteiger partial charge in [-0.2, -0.15) is 0 Å². The zero-order valence-electron chi connectivity index (χ0n) is 12.9. The van der Waals surface area contributed by atoms with Crippen LogP contribution < -0.4 is 10.1 Å². The standard InChI is InChI=1S/C16H23NO4/c1-4-6-16(19)17-13-7-8-15(14(11-13)12(3)18)21-10-9-20-5-2/h7-8,11H,4-6,9-10H2,1-3H3,(H,17,19). The third kappa shape index (κ3) is 5.95. The predicted octanol–water partition coefficient (Wildman–Crippen LogP) is 3.04. The molecule has 21 heavy (non-hydrogen) atoms. The van der Waals surface area contributed by atoms with E-state index in [0.717, 1.165) is 6.42 Å². The highest BCUT2D eigenvalue weighted by atomic mass is 16.5. The molecule has 1 N–H and O–H groups in total. The van der Waals surface area contributed by atoms with Gasteiger partial charge in [-0.15, -0.1) is 0 Å². The molecule has 1 amide bonds. The van der Waals surface area contributed by atoms with Crippen LogP contribution in [0.4, 0.5) is 5.69 Å². The van der Waals surface area contributed by atoms with Gasteiger partial charge in [0, 0.05) is 18.7 Å². The van der Waals surface area contributed by atoms with E-state index in [1.807, 2.05) is 13.8 Å². The molecule has 0 atom stereocenters. The van der Waals surface area contributed by atoms with Gasteiger partial charge < -0.3 is 14.8 Å². The Hall–Kier alpha value is -1.88. The highest BCUT2D eigenvalue weighted by Gasteiger charge is 2.11. The number of carbonyl (C=O) groups is 2. The van der Waals surface area contributed by atoms with Gasteiger partial charge in [0.25, 0.3) is 0 Å². The summed E-state index contributed by atoms with van der Waals surface area (Å²) >= 11 is 0. The Morgan fingerprint density at radius 1 is 1.19 bits per heavy atom. The van der Waals surface area contributed by atoms with Crippen molar-refractivity contribution in [3.05, 3.63) is 23.8 Å². The summed E-state index contributed by atoms with van der Waals surface area (Å²) in [6, 6.07) is 5.08. The van der Waals surface area contributed by atoms with Crippen LogP contribution in [0.25, 0.3) is 0 Å². The Morgan fingerprint density at radius 2 is 1.95 bits per heavy atom. The number of hydrogen-bond donors (Lipinski definition) is 1. The van der Waals surface area contributed by atoms with E-state index < -0.39 is 0 Å². The summed E-state index contributed by atoms with van der Waals surface area (Å²) < 4.78 is 10.7. The normalized spacial score (nSPS) is 10.2. The van der Waals surface area contributed by atoms with Crippen molar-refractivity contribution in [2.45, 2.75) is 33.6 Å². The lowest BCUT2D eigenvalue weighted by molar-refractivity contribution is -0.116. The van der Waals surface area contributed by atoms with E-state index in [-0.39, 0.29) is 11.7 Å². The second kappa shape index (κ2) is 9.13. The third-order valence-corrected chi connectivity index (χ3v) is 2.81. The van der Waals surface area contributed by atoms with Crippen molar-refractivity contribution < 1.29 is 19.1 Å². The number of anilines is 1. The molecule has 0 aromatic heterocycles. The fourth-order valence-corrected chi connectivity index (χ4v) is 1.81. The third-order valence-electron chi connectivity index (χ3n) is 2.81. The first-order valence-corrected chi connectivity index (χ1v) is 7.23. The second-order valence-electron chi connectivity index (χ2n) is 4.61. The van der Waals surface area contributed by atoms with Gasteiger partial charge >= 0.3 is 0 Å². The van der Waals surface area contributed by atoms with Crippen LogP contribution in [0.5, 0.6) is 5.75 Å². The molecule has 0 bridgehead atoms. The Balaban J connectivity index is 2.76. The van der Waals surface area contributed by atoms with Crippen molar-refractivity contribution in [3.63, 3.8) is 0 Å². The highest BCUT2D eigenvalue weighted by Crippen LogP contribution is 2.23. The molecule has 0 fully saturated rings. The Bertz CT molecular complexity index is 485. The number of Topliss-reactive ketones (excluding diaryl/α,β-unsaturated/α-hetero) is 1. The fraction of sp³-hybridized carbons (Fsp3) is 0.500. The summed E-state index contributed by atoms with van der Waals surface area (Å²) in [5.41, 5.74) is 1.07. The summed E-state index contributed by atoms with van der Waals surface area (Å²) in [6.07, 6.45) is 1.24. The molecule has 0 heterocycles. The monoisotopic (exact) mass is 293 g/mol. The maximum absolute atomic E-state index is 11.7. The minimum absolute atomic E-state index is 0.0583. The lowest BCUT2D eigenvalue weighted by Gasteiger charge is -2.12. The van der Waals surface area contributed by atoms with Crippen molar-refractivity contribution in [2.75, 3.05) is 25.1 Å². The van der Waals surface area contributed by atoms with E-state index in [2.05, 4.69) is 5.32 Å². The van der Waals surface area contributed by atoms with Gasteiger partial charge in [-0.05, 0) is 38.5 Å². The van der Waals surface area contributed by atoms with Crippen LogP contribution in [0.3, 0.4) is 0 Å². The number of ether oxygens (including phenoxy) is 2. The van der Waals surface area contributed by atoms with Crippen LogP contribution in [0.15, 0.2) is 18.2 Å². The topological polar surface area (TPSA) is 64.6 Å². The smallest absolute Gasteiger partial charge is 0.224 e. The Labute approximate surface area is 125 Å². The molecule has 5 nitrogen and oxygen atoms in total. The molecule has 116 valence electrons. The summed E-state index contributed by atoms with van der Waals surface area (Å²) in [4.78, 5) is 23.3. The van der Waals surface area contributed by atoms with Crippen molar-refractivity contribution in [1.29, 1.82) is 0 Å². The number of rotatable bonds is 9. The first-order chi connectivity index (χ1) is 10.1. The van der Waals surface area contributed by atoms with Gasteiger partial charge in [0.2, 0.25) is 5.91 Å². The number of hydrogen-bond acceptors (Lipinski definition) is 4.